The Morgan fingerprint density at radius 2 is 1.15 bits per heavy atom. The molecule has 0 spiro atoms. The number of anilines is 1. The Bertz CT molecular complexity index is 2750. The minimum absolute atomic E-state index is 0.0314. The van der Waals surface area contributed by atoms with E-state index < -0.39 is 74.8 Å². The Morgan fingerprint density at radius 3 is 1.64 bits per heavy atom. The van der Waals surface area contributed by atoms with E-state index in [9.17, 15) is 35.1 Å². The number of nitrogens with two attached hydrogens (primary N) is 1. The number of aromatic nitrogens is 4. The zero-order valence-corrected chi connectivity index (χ0v) is 44.9. The first-order valence-corrected chi connectivity index (χ1v) is 28.6. The zero-order valence-electron chi connectivity index (χ0n) is 42.9. The molecule has 5 aromatic rings. The fraction of sp³-hybridized carbons (Fsp3) is 0.510. The number of benzene rings is 3. The lowest BCUT2D eigenvalue weighted by molar-refractivity contribution is -0.385. The SMILES string of the molecule is CC(OCCc1ccc([N+](=O)[O-])cc1)O[C@@H]1[C@@H]2O[Si](C(C)C)(C(C)C)O[Si](C(C)C)(C(C)C)OC(C(=O)OCCc3ccc([N+](=O)[O-])cc3)[C@H]2O[C@H]1n1cnc2c(OCCc3ccc([N+](=O)[O-])cc3)nc(N)nc21. The summed E-state index contributed by atoms with van der Waals surface area (Å²) in [7, 11) is -6.97. The molecule has 6 atom stereocenters. The van der Waals surface area contributed by atoms with Crippen molar-refractivity contribution in [3.63, 3.8) is 0 Å². The highest BCUT2D eigenvalue weighted by Crippen LogP contribution is 2.51. The molecule has 2 saturated heterocycles. The third kappa shape index (κ3) is 12.1. The van der Waals surface area contributed by atoms with Crippen molar-refractivity contribution in [3.05, 3.63) is 126 Å². The molecule has 2 unspecified atom stereocenters. The van der Waals surface area contributed by atoms with Gasteiger partial charge >= 0.3 is 23.1 Å². The largest absolute Gasteiger partial charge is 0.476 e. The van der Waals surface area contributed by atoms with Gasteiger partial charge in [-0.25, -0.2) is 9.78 Å². The van der Waals surface area contributed by atoms with Crippen LogP contribution in [0.3, 0.4) is 0 Å². The van der Waals surface area contributed by atoms with Gasteiger partial charge in [0, 0.05) is 49.2 Å². The summed E-state index contributed by atoms with van der Waals surface area (Å²) in [6.45, 7) is 18.2. The number of nitrogens with zero attached hydrogens (tertiary/aromatic N) is 7. The first-order valence-electron chi connectivity index (χ1n) is 24.6. The van der Waals surface area contributed by atoms with E-state index in [0.717, 1.165) is 11.1 Å². The van der Waals surface area contributed by atoms with Crippen molar-refractivity contribution in [1.82, 2.24) is 19.5 Å². The number of carbonyl (C=O) groups excluding carboxylic acids is 1. The molecule has 7 rings (SSSR count). The lowest BCUT2D eigenvalue weighted by Crippen LogP contribution is -2.68. The van der Waals surface area contributed by atoms with E-state index in [1.54, 1.807) is 47.9 Å². The summed E-state index contributed by atoms with van der Waals surface area (Å²) in [4.78, 5) is 61.0. The summed E-state index contributed by atoms with van der Waals surface area (Å²) in [5.41, 5.74) is 8.28. The summed E-state index contributed by atoms with van der Waals surface area (Å²) >= 11 is 0. The van der Waals surface area contributed by atoms with Gasteiger partial charge in [-0.1, -0.05) is 91.8 Å². The molecule has 2 fully saturated rings. The molecule has 23 nitrogen and oxygen atoms in total. The summed E-state index contributed by atoms with van der Waals surface area (Å²) in [5.74, 6) is -0.823. The second-order valence-corrected chi connectivity index (χ2v) is 28.4. The normalized spacial score (nSPS) is 20.9. The topological polar surface area (TPSA) is 290 Å². The van der Waals surface area contributed by atoms with Crippen LogP contribution < -0.4 is 10.5 Å². The molecule has 74 heavy (non-hydrogen) atoms. The third-order valence-electron chi connectivity index (χ3n) is 13.4. The fourth-order valence-electron chi connectivity index (χ4n) is 9.49. The van der Waals surface area contributed by atoms with E-state index >= 15 is 0 Å². The van der Waals surface area contributed by atoms with Gasteiger partial charge in [-0.3, -0.25) is 34.9 Å². The highest BCUT2D eigenvalue weighted by molar-refractivity contribution is 6.84. The summed E-state index contributed by atoms with van der Waals surface area (Å²) in [6, 6.07) is 18.3. The van der Waals surface area contributed by atoms with Crippen molar-refractivity contribution < 1.29 is 56.2 Å². The number of nitrogen functional groups attached to an aromatic ring is 1. The molecule has 0 bridgehead atoms. The number of fused-ring (bicyclic) bond motifs is 2. The van der Waals surface area contributed by atoms with Gasteiger partial charge < -0.3 is 42.4 Å². The second kappa shape index (κ2) is 23.5. The van der Waals surface area contributed by atoms with Crippen LogP contribution in [0.15, 0.2) is 79.1 Å². The van der Waals surface area contributed by atoms with Crippen molar-refractivity contribution in [2.45, 2.75) is 141 Å². The first-order chi connectivity index (χ1) is 35.1. The van der Waals surface area contributed by atoms with Crippen LogP contribution in [0.25, 0.3) is 11.2 Å². The number of rotatable bonds is 22. The average molecular weight is 1060 g/mol. The molecule has 2 aliphatic rings. The van der Waals surface area contributed by atoms with Gasteiger partial charge in [-0.2, -0.15) is 9.97 Å². The molecule has 398 valence electrons. The molecule has 2 aromatic heterocycles. The van der Waals surface area contributed by atoms with Crippen molar-refractivity contribution in [2.75, 3.05) is 25.6 Å². The maximum absolute atomic E-state index is 14.9. The first kappa shape index (κ1) is 55.4. The monoisotopic (exact) mass is 1060 g/mol. The molecule has 2 aliphatic heterocycles. The standard InChI is InChI=1S/C49H64N8O15Si2/c1-29(2)73(30(3)4)70-42-41(44(71-74(72-73,31(5)6)32(7)8)48(58)67-27-24-36-14-20-39(21-15-36)57(63)64)69-47(43(42)68-33(9)65-25-22-34-10-16-37(17-11-34)55(59)60)54-28-51-40-45(54)52-49(50)53-46(40)66-26-23-35-12-18-38(19-13-35)56(61)62/h10-21,28-33,41-44,47H,22-27H2,1-9H3,(H2,50,52,53)/t33?,41-,42+,43+,44?,47+/m0/s1. The number of hydrogen-bond acceptors (Lipinski definition) is 19. The van der Waals surface area contributed by atoms with Gasteiger partial charge in [-0.05, 0) is 52.2 Å². The molecule has 25 heteroatoms. The molecule has 3 aromatic carbocycles. The fourth-order valence-corrected chi connectivity index (χ4v) is 20.7. The van der Waals surface area contributed by atoms with Gasteiger partial charge in [0.15, 0.2) is 29.8 Å². The van der Waals surface area contributed by atoms with Crippen molar-refractivity contribution in [2.24, 2.45) is 0 Å². The van der Waals surface area contributed by atoms with E-state index in [1.807, 2.05) is 27.7 Å². The molecule has 4 heterocycles. The third-order valence-corrected chi connectivity index (χ3v) is 23.7. The molecule has 0 saturated carbocycles. The Kier molecular flexibility index (Phi) is 17.6. The van der Waals surface area contributed by atoms with E-state index in [-0.39, 0.29) is 88.5 Å². The maximum atomic E-state index is 14.9. The number of ether oxygens (including phenoxy) is 5. The number of non-ortho nitro benzene ring substituents is 3. The molecule has 0 amide bonds. The summed E-state index contributed by atoms with van der Waals surface area (Å²) in [5, 5.41) is 33.8. The lowest BCUT2D eigenvalue weighted by atomic mass is 10.1. The molecular formula is C49H64N8O15Si2. The minimum atomic E-state index is -3.51. The summed E-state index contributed by atoms with van der Waals surface area (Å²) < 4.78 is 56.6. The highest BCUT2D eigenvalue weighted by atomic mass is 28.5. The van der Waals surface area contributed by atoms with Crippen LogP contribution >= 0.6 is 0 Å². The Balaban J connectivity index is 1.28. The second-order valence-electron chi connectivity index (χ2n) is 19.6. The quantitative estimate of drug-likeness (QED) is 0.0223. The van der Waals surface area contributed by atoms with Crippen LogP contribution in [-0.2, 0) is 56.0 Å². The minimum Gasteiger partial charge on any atom is -0.476 e. The predicted molar refractivity (Wildman–Crippen MR) is 274 cm³/mol. The number of carbonyl (C=O) groups is 1. The van der Waals surface area contributed by atoms with Gasteiger partial charge in [0.1, 0.15) is 18.3 Å². The van der Waals surface area contributed by atoms with Crippen molar-refractivity contribution >= 4 is 57.3 Å². The highest BCUT2D eigenvalue weighted by Gasteiger charge is 2.65. The van der Waals surface area contributed by atoms with Gasteiger partial charge in [-0.15, -0.1) is 0 Å². The van der Waals surface area contributed by atoms with Crippen LogP contribution in [0.4, 0.5) is 23.0 Å². The molecule has 0 radical (unpaired) electrons. The summed E-state index contributed by atoms with van der Waals surface area (Å²) in [6.07, 6.45) is -4.39. The predicted octanol–water partition coefficient (Wildman–Crippen LogP) is 8.75. The van der Waals surface area contributed by atoms with Gasteiger partial charge in [0.05, 0.1) is 40.9 Å². The van der Waals surface area contributed by atoms with Gasteiger partial charge in [0.2, 0.25) is 11.8 Å². The van der Waals surface area contributed by atoms with E-state index in [2.05, 4.69) is 42.6 Å². The van der Waals surface area contributed by atoms with E-state index in [0.29, 0.717) is 18.4 Å². The van der Waals surface area contributed by atoms with Crippen molar-refractivity contribution in [1.29, 1.82) is 0 Å². The Labute approximate surface area is 429 Å². The maximum Gasteiger partial charge on any atom is 0.336 e. The van der Waals surface area contributed by atoms with Crippen LogP contribution in [0, 0.1) is 30.3 Å². The van der Waals surface area contributed by atoms with Crippen LogP contribution in [0.1, 0.15) is 85.2 Å². The molecule has 0 aliphatic carbocycles. The van der Waals surface area contributed by atoms with Crippen LogP contribution in [-0.4, -0.2) is 108 Å². The molecular weight excluding hydrogens is 997 g/mol. The van der Waals surface area contributed by atoms with E-state index in [4.69, 9.17) is 42.4 Å². The van der Waals surface area contributed by atoms with Crippen LogP contribution in [0.2, 0.25) is 22.2 Å². The number of imidazole rings is 1. The average Bonchev–Trinajstić information content (AvgIpc) is 3.91. The van der Waals surface area contributed by atoms with Crippen LogP contribution in [0.5, 0.6) is 5.88 Å². The smallest absolute Gasteiger partial charge is 0.336 e. The number of nitro benzene ring substituents is 3. The molecule has 2 N–H and O–H groups in total. The number of nitro groups is 3. The van der Waals surface area contributed by atoms with Crippen molar-refractivity contribution in [3.8, 4) is 5.88 Å². The lowest BCUT2D eigenvalue weighted by Gasteiger charge is -2.52. The van der Waals surface area contributed by atoms with Gasteiger partial charge in [0.25, 0.3) is 17.1 Å². The van der Waals surface area contributed by atoms with E-state index in [1.165, 1.54) is 42.7 Å². The zero-order chi connectivity index (χ0) is 53.6. The Hall–Kier alpha value is -6.33. The Morgan fingerprint density at radius 1 is 0.676 bits per heavy atom. The number of esters is 1. The number of hydrogen-bond donors (Lipinski definition) is 1.